The zero-order valence-electron chi connectivity index (χ0n) is 9.84. The third kappa shape index (κ3) is 3.75. The molecular formula is C13H18N2OS. The van der Waals surface area contributed by atoms with Gasteiger partial charge in [-0.1, -0.05) is 18.2 Å². The molecule has 1 aliphatic rings. The average molecular weight is 250 g/mol. The normalized spacial score (nSPS) is 20.3. The number of likely N-dealkylation sites (tertiary alicyclic amines) is 1. The van der Waals surface area contributed by atoms with Gasteiger partial charge in [0.05, 0.1) is 5.75 Å². The molecular weight excluding hydrogens is 232 g/mol. The SMILES string of the molecule is N[C@@H]1CCCN(C(=O)CSc2ccccc2)C1. The number of amides is 1. The molecule has 1 fully saturated rings. The van der Waals surface area contributed by atoms with E-state index in [9.17, 15) is 4.79 Å². The number of rotatable bonds is 3. The minimum atomic E-state index is 0.162. The molecule has 2 N–H and O–H groups in total. The highest BCUT2D eigenvalue weighted by Gasteiger charge is 2.20. The van der Waals surface area contributed by atoms with Crippen molar-refractivity contribution in [2.45, 2.75) is 23.8 Å². The molecule has 0 aromatic heterocycles. The molecule has 1 aromatic carbocycles. The molecule has 1 atom stereocenters. The van der Waals surface area contributed by atoms with E-state index in [-0.39, 0.29) is 11.9 Å². The fourth-order valence-corrected chi connectivity index (χ4v) is 2.81. The topological polar surface area (TPSA) is 46.3 Å². The van der Waals surface area contributed by atoms with Gasteiger partial charge in [-0.15, -0.1) is 11.8 Å². The lowest BCUT2D eigenvalue weighted by Crippen LogP contribution is -2.46. The third-order valence-corrected chi connectivity index (χ3v) is 3.91. The Morgan fingerprint density at radius 2 is 2.18 bits per heavy atom. The van der Waals surface area contributed by atoms with Gasteiger partial charge in [-0.25, -0.2) is 0 Å². The molecule has 1 aromatic rings. The van der Waals surface area contributed by atoms with E-state index in [4.69, 9.17) is 5.73 Å². The number of nitrogens with two attached hydrogens (primary N) is 1. The van der Waals surface area contributed by atoms with Crippen molar-refractivity contribution in [3.05, 3.63) is 30.3 Å². The highest BCUT2D eigenvalue weighted by Crippen LogP contribution is 2.18. The fraction of sp³-hybridized carbons (Fsp3) is 0.462. The number of benzene rings is 1. The predicted octanol–water partition coefficient (Wildman–Crippen LogP) is 1.73. The molecule has 0 saturated carbocycles. The zero-order chi connectivity index (χ0) is 12.1. The molecule has 1 saturated heterocycles. The summed E-state index contributed by atoms with van der Waals surface area (Å²) in [6.45, 7) is 1.58. The smallest absolute Gasteiger partial charge is 0.232 e. The second kappa shape index (κ2) is 6.07. The Balaban J connectivity index is 1.81. The molecule has 0 bridgehead atoms. The minimum Gasteiger partial charge on any atom is -0.340 e. The number of thioether (sulfide) groups is 1. The summed E-state index contributed by atoms with van der Waals surface area (Å²) in [7, 11) is 0. The van der Waals surface area contributed by atoms with Crippen molar-refractivity contribution in [2.24, 2.45) is 5.73 Å². The van der Waals surface area contributed by atoms with Crippen LogP contribution in [-0.2, 0) is 4.79 Å². The van der Waals surface area contributed by atoms with Gasteiger partial charge in [-0.2, -0.15) is 0 Å². The number of piperidine rings is 1. The van der Waals surface area contributed by atoms with Crippen molar-refractivity contribution >= 4 is 17.7 Å². The van der Waals surface area contributed by atoms with Crippen LogP contribution in [0.25, 0.3) is 0 Å². The van der Waals surface area contributed by atoms with E-state index < -0.39 is 0 Å². The first kappa shape index (κ1) is 12.5. The van der Waals surface area contributed by atoms with Crippen molar-refractivity contribution in [1.82, 2.24) is 4.90 Å². The van der Waals surface area contributed by atoms with Gasteiger partial charge in [0.2, 0.25) is 5.91 Å². The monoisotopic (exact) mass is 250 g/mol. The predicted molar refractivity (Wildman–Crippen MR) is 71.0 cm³/mol. The first-order valence-corrected chi connectivity index (χ1v) is 6.95. The van der Waals surface area contributed by atoms with Gasteiger partial charge >= 0.3 is 0 Å². The Morgan fingerprint density at radius 3 is 2.88 bits per heavy atom. The van der Waals surface area contributed by atoms with Gasteiger partial charge in [0, 0.05) is 24.0 Å². The molecule has 4 heteroatoms. The van der Waals surface area contributed by atoms with Crippen LogP contribution in [0.5, 0.6) is 0 Å². The number of nitrogens with zero attached hydrogens (tertiary/aromatic N) is 1. The Bertz CT molecular complexity index is 369. The summed E-state index contributed by atoms with van der Waals surface area (Å²) in [6.07, 6.45) is 2.07. The van der Waals surface area contributed by atoms with E-state index in [0.29, 0.717) is 12.3 Å². The Hall–Kier alpha value is -1.00. The molecule has 0 unspecified atom stereocenters. The first-order valence-electron chi connectivity index (χ1n) is 5.97. The largest absolute Gasteiger partial charge is 0.340 e. The van der Waals surface area contributed by atoms with E-state index in [2.05, 4.69) is 0 Å². The second-order valence-corrected chi connectivity index (χ2v) is 5.39. The van der Waals surface area contributed by atoms with Crippen LogP contribution in [0.2, 0.25) is 0 Å². The van der Waals surface area contributed by atoms with E-state index in [1.807, 2.05) is 35.2 Å². The fourth-order valence-electron chi connectivity index (χ4n) is 1.99. The van der Waals surface area contributed by atoms with Crippen molar-refractivity contribution in [3.8, 4) is 0 Å². The van der Waals surface area contributed by atoms with E-state index in [1.54, 1.807) is 11.8 Å². The second-order valence-electron chi connectivity index (χ2n) is 4.34. The Labute approximate surface area is 106 Å². The van der Waals surface area contributed by atoms with Gasteiger partial charge in [0.15, 0.2) is 0 Å². The van der Waals surface area contributed by atoms with Crippen molar-refractivity contribution < 1.29 is 4.79 Å². The number of hydrogen-bond acceptors (Lipinski definition) is 3. The van der Waals surface area contributed by atoms with E-state index >= 15 is 0 Å². The minimum absolute atomic E-state index is 0.162. The summed E-state index contributed by atoms with van der Waals surface area (Å²) in [4.78, 5) is 15.0. The van der Waals surface area contributed by atoms with Gasteiger partial charge in [0.25, 0.3) is 0 Å². The number of carbonyl (C=O) groups is 1. The summed E-state index contributed by atoms with van der Waals surface area (Å²) < 4.78 is 0. The van der Waals surface area contributed by atoms with Crippen molar-refractivity contribution in [2.75, 3.05) is 18.8 Å². The average Bonchev–Trinajstić information content (AvgIpc) is 2.37. The van der Waals surface area contributed by atoms with Crippen LogP contribution in [0.15, 0.2) is 35.2 Å². The van der Waals surface area contributed by atoms with Gasteiger partial charge in [-0.3, -0.25) is 4.79 Å². The number of carbonyl (C=O) groups excluding carboxylic acids is 1. The molecule has 0 aliphatic carbocycles. The molecule has 3 nitrogen and oxygen atoms in total. The Morgan fingerprint density at radius 1 is 1.41 bits per heavy atom. The van der Waals surface area contributed by atoms with Crippen molar-refractivity contribution in [3.63, 3.8) is 0 Å². The quantitative estimate of drug-likeness (QED) is 0.831. The molecule has 1 amide bonds. The van der Waals surface area contributed by atoms with Crippen molar-refractivity contribution in [1.29, 1.82) is 0 Å². The molecule has 17 heavy (non-hydrogen) atoms. The lowest BCUT2D eigenvalue weighted by molar-refractivity contribution is -0.129. The van der Waals surface area contributed by atoms with E-state index in [0.717, 1.165) is 24.3 Å². The van der Waals surface area contributed by atoms with E-state index in [1.165, 1.54) is 0 Å². The maximum atomic E-state index is 12.0. The summed E-state index contributed by atoms with van der Waals surface area (Å²) in [6, 6.07) is 10.2. The van der Waals surface area contributed by atoms with Crippen LogP contribution in [0.3, 0.4) is 0 Å². The maximum absolute atomic E-state index is 12.0. The van der Waals surface area contributed by atoms with Gasteiger partial charge in [-0.05, 0) is 25.0 Å². The summed E-state index contributed by atoms with van der Waals surface area (Å²) in [5, 5.41) is 0. The Kier molecular flexibility index (Phi) is 4.45. The van der Waals surface area contributed by atoms with Crippen LogP contribution in [-0.4, -0.2) is 35.7 Å². The lowest BCUT2D eigenvalue weighted by Gasteiger charge is -2.30. The van der Waals surface area contributed by atoms with Crippen LogP contribution < -0.4 is 5.73 Å². The standard InChI is InChI=1S/C13H18N2OS/c14-11-5-4-8-15(9-11)13(16)10-17-12-6-2-1-3-7-12/h1-3,6-7,11H,4-5,8-10,14H2/t11-/m1/s1. The summed E-state index contributed by atoms with van der Waals surface area (Å²) in [5.41, 5.74) is 5.87. The molecule has 0 spiro atoms. The van der Waals surface area contributed by atoms with Crippen LogP contribution in [0, 0.1) is 0 Å². The lowest BCUT2D eigenvalue weighted by atomic mass is 10.1. The third-order valence-electron chi connectivity index (χ3n) is 2.92. The molecule has 2 rings (SSSR count). The summed E-state index contributed by atoms with van der Waals surface area (Å²) in [5.74, 6) is 0.713. The highest BCUT2D eigenvalue weighted by molar-refractivity contribution is 8.00. The molecule has 1 aliphatic heterocycles. The highest BCUT2D eigenvalue weighted by atomic mass is 32.2. The summed E-state index contributed by atoms with van der Waals surface area (Å²) >= 11 is 1.59. The zero-order valence-corrected chi connectivity index (χ0v) is 10.7. The first-order chi connectivity index (χ1) is 8.25. The van der Waals surface area contributed by atoms with Crippen LogP contribution in [0.1, 0.15) is 12.8 Å². The van der Waals surface area contributed by atoms with Gasteiger partial charge in [0.1, 0.15) is 0 Å². The molecule has 1 heterocycles. The van der Waals surface area contributed by atoms with Crippen LogP contribution in [0.4, 0.5) is 0 Å². The van der Waals surface area contributed by atoms with Gasteiger partial charge < -0.3 is 10.6 Å². The van der Waals surface area contributed by atoms with Crippen LogP contribution >= 0.6 is 11.8 Å². The molecule has 92 valence electrons. The maximum Gasteiger partial charge on any atom is 0.232 e. The molecule has 0 radical (unpaired) electrons. The number of hydrogen-bond donors (Lipinski definition) is 1.